The first-order chi connectivity index (χ1) is 0. The molecule has 0 amide bonds. The van der Waals surface area contributed by atoms with Crippen molar-refractivity contribution in [2.24, 2.45) is 0 Å². The Labute approximate surface area is 84.0 Å². The van der Waals surface area contributed by atoms with E-state index in [-0.39, 0.29) is 85.4 Å². The fraction of sp³-hybridized carbons (Fsp3) is 0. The third-order valence-electron chi connectivity index (χ3n) is 0. The predicted octanol–water partition coefficient (Wildman–Crippen LogP) is -0.388. The van der Waals surface area contributed by atoms with E-state index in [1.807, 2.05) is 0 Å². The van der Waals surface area contributed by atoms with Gasteiger partial charge in [0.1, 0.15) is 0 Å². The van der Waals surface area contributed by atoms with Crippen molar-refractivity contribution in [1.82, 2.24) is 0 Å². The summed E-state index contributed by atoms with van der Waals surface area (Å²) < 4.78 is 0. The fourth-order valence-electron chi connectivity index (χ4n) is 0. The summed E-state index contributed by atoms with van der Waals surface area (Å²) in [4.78, 5) is 0. The van der Waals surface area contributed by atoms with Crippen LogP contribution < -0.4 is 0 Å². The molecule has 3 radical (unpaired) electrons. The molecule has 0 aromatic heterocycles. The molecule has 0 aromatic rings. The molecular weight excluding hydrogens is 545 g/mol. The van der Waals surface area contributed by atoms with Gasteiger partial charge in [0.05, 0.1) is 0 Å². The van der Waals surface area contributed by atoms with Crippen LogP contribution >= 0.6 is 0 Å². The molecule has 0 aromatic carbocycles. The molecule has 0 fully saturated rings. The topological polar surface area (TPSA) is 0 Å². The molecular formula is BiFeMoW. The van der Waals surface area contributed by atoms with Crippen LogP contribution in [0, 0.1) is 0 Å². The molecule has 0 aliphatic carbocycles. The van der Waals surface area contributed by atoms with E-state index >= 15 is 0 Å². The van der Waals surface area contributed by atoms with Crippen molar-refractivity contribution in [3.8, 4) is 0 Å². The maximum atomic E-state index is 0. The second-order valence-electron chi connectivity index (χ2n) is 0. The second kappa shape index (κ2) is 17.1. The van der Waals surface area contributed by atoms with Crippen molar-refractivity contribution >= 4 is 26.2 Å². The summed E-state index contributed by atoms with van der Waals surface area (Å²) in [6, 6.07) is 0. The average Bonchev–Trinajstić information content (AvgIpc) is 0. The third-order valence-corrected chi connectivity index (χ3v) is 0. The van der Waals surface area contributed by atoms with Gasteiger partial charge in [-0.1, -0.05) is 0 Å². The maximum Gasteiger partial charge on any atom is 0 e. The minimum atomic E-state index is 0. The SMILES string of the molecule is [Bi].[Fe].[Mo].[W]. The minimum absolute atomic E-state index is 0. The van der Waals surface area contributed by atoms with Crippen molar-refractivity contribution in [3.63, 3.8) is 0 Å². The maximum absolute atomic E-state index is 0. The molecule has 0 aliphatic rings. The van der Waals surface area contributed by atoms with Crippen LogP contribution in [0.1, 0.15) is 0 Å². The summed E-state index contributed by atoms with van der Waals surface area (Å²) >= 11 is 0. The summed E-state index contributed by atoms with van der Waals surface area (Å²) in [6.45, 7) is 0. The van der Waals surface area contributed by atoms with Crippen LogP contribution in [0.15, 0.2) is 0 Å². The first kappa shape index (κ1) is 29.3. The molecule has 0 bridgehead atoms. The van der Waals surface area contributed by atoms with Gasteiger partial charge in [0.2, 0.25) is 0 Å². The Morgan fingerprint density at radius 3 is 1.00 bits per heavy atom. The summed E-state index contributed by atoms with van der Waals surface area (Å²) in [5, 5.41) is 0. The Morgan fingerprint density at radius 2 is 1.00 bits per heavy atom. The Kier molecular flexibility index (Phi) is 125. The van der Waals surface area contributed by atoms with E-state index in [1.54, 1.807) is 0 Å². The van der Waals surface area contributed by atoms with Gasteiger partial charge in [-0.05, 0) is 0 Å². The van der Waals surface area contributed by atoms with Gasteiger partial charge in [-0.2, -0.15) is 0 Å². The summed E-state index contributed by atoms with van der Waals surface area (Å²) in [6.07, 6.45) is 0. The van der Waals surface area contributed by atoms with Crippen molar-refractivity contribution in [3.05, 3.63) is 0 Å². The zero-order chi connectivity index (χ0) is 0. The Hall–Kier alpha value is 2.78. The number of hydrogen-bond acceptors (Lipinski definition) is 0. The molecule has 0 saturated carbocycles. The van der Waals surface area contributed by atoms with Gasteiger partial charge < -0.3 is 0 Å². The van der Waals surface area contributed by atoms with Gasteiger partial charge in [0.25, 0.3) is 0 Å². The molecule has 4 heavy (non-hydrogen) atoms. The molecule has 0 unspecified atom stereocenters. The normalized spacial score (nSPS) is 0. The summed E-state index contributed by atoms with van der Waals surface area (Å²) in [7, 11) is 0. The Morgan fingerprint density at radius 1 is 1.00 bits per heavy atom. The van der Waals surface area contributed by atoms with Gasteiger partial charge in [0.15, 0.2) is 0 Å². The summed E-state index contributed by atoms with van der Waals surface area (Å²) in [5.74, 6) is 0. The summed E-state index contributed by atoms with van der Waals surface area (Å²) in [5.41, 5.74) is 0. The monoisotopic (exact) mass is 547 g/mol. The van der Waals surface area contributed by atoms with E-state index < -0.39 is 0 Å². The Bertz CT molecular complexity index is 8.00. The molecule has 0 N–H and O–H groups in total. The quantitative estimate of drug-likeness (QED) is 0.365. The third kappa shape index (κ3) is 8.84. The number of rotatable bonds is 0. The molecule has 4 heteroatoms. The van der Waals surface area contributed by atoms with Crippen molar-refractivity contribution < 1.29 is 59.2 Å². The molecule has 0 saturated heterocycles. The zero-order valence-corrected chi connectivity index (χ0v) is 11.1. The van der Waals surface area contributed by atoms with Gasteiger partial charge in [0, 0.05) is 85.4 Å². The van der Waals surface area contributed by atoms with Crippen molar-refractivity contribution in [1.29, 1.82) is 0 Å². The van der Waals surface area contributed by atoms with E-state index in [2.05, 4.69) is 0 Å². The van der Waals surface area contributed by atoms with Crippen molar-refractivity contribution in [2.45, 2.75) is 0 Å². The van der Waals surface area contributed by atoms with Crippen LogP contribution in [0.5, 0.6) is 0 Å². The van der Waals surface area contributed by atoms with E-state index in [0.717, 1.165) is 0 Å². The van der Waals surface area contributed by atoms with Crippen LogP contribution in [0.25, 0.3) is 0 Å². The molecule has 0 nitrogen and oxygen atoms in total. The molecule has 0 atom stereocenters. The smallest absolute Gasteiger partial charge is 0 e. The zero-order valence-electron chi connectivity index (χ0n) is 1.62. The molecule has 0 aliphatic heterocycles. The van der Waals surface area contributed by atoms with E-state index in [1.165, 1.54) is 0 Å². The van der Waals surface area contributed by atoms with E-state index in [4.69, 9.17) is 0 Å². The minimum Gasteiger partial charge on any atom is 0 e. The van der Waals surface area contributed by atoms with Crippen molar-refractivity contribution in [2.75, 3.05) is 0 Å². The van der Waals surface area contributed by atoms with Crippen LogP contribution in [0.3, 0.4) is 0 Å². The molecule has 0 spiro atoms. The first-order valence-electron chi connectivity index (χ1n) is 0. The van der Waals surface area contributed by atoms with Gasteiger partial charge in [-0.15, -0.1) is 0 Å². The number of hydrogen-bond donors (Lipinski definition) is 0. The van der Waals surface area contributed by atoms with E-state index in [9.17, 15) is 0 Å². The second-order valence-corrected chi connectivity index (χ2v) is 0. The predicted molar refractivity (Wildman–Crippen MR) is 5.75 cm³/mol. The van der Waals surface area contributed by atoms with Crippen LogP contribution in [0.4, 0.5) is 0 Å². The van der Waals surface area contributed by atoms with Crippen LogP contribution in [0.2, 0.25) is 0 Å². The van der Waals surface area contributed by atoms with Gasteiger partial charge >= 0.3 is 0 Å². The average molecular weight is 545 g/mol. The first-order valence-corrected chi connectivity index (χ1v) is 0. The Balaban J connectivity index is 0. The fourth-order valence-corrected chi connectivity index (χ4v) is 0. The molecule has 0 rings (SSSR count). The van der Waals surface area contributed by atoms with Crippen LogP contribution in [-0.2, 0) is 59.2 Å². The van der Waals surface area contributed by atoms with Crippen LogP contribution in [-0.4, -0.2) is 26.2 Å². The van der Waals surface area contributed by atoms with Gasteiger partial charge in [-0.3, -0.25) is 0 Å². The molecule has 25 valence electrons. The van der Waals surface area contributed by atoms with E-state index in [0.29, 0.717) is 0 Å². The van der Waals surface area contributed by atoms with Gasteiger partial charge in [-0.25, -0.2) is 0 Å². The molecule has 0 heterocycles. The largest absolute Gasteiger partial charge is 0 e. The standard InChI is InChI=1S/Bi.Fe.Mo.W.